The maximum atomic E-state index is 13.2. The second-order valence-electron chi connectivity index (χ2n) is 3.78. The first kappa shape index (κ1) is 14.1. The summed E-state index contributed by atoms with van der Waals surface area (Å²) in [6, 6.07) is 0. The van der Waals surface area contributed by atoms with Gasteiger partial charge in [-0.25, -0.2) is 13.2 Å². The fourth-order valence-electron chi connectivity index (χ4n) is 1.45. The van der Waals surface area contributed by atoms with Crippen molar-refractivity contribution < 1.29 is 26.7 Å². The summed E-state index contributed by atoms with van der Waals surface area (Å²) in [5, 5.41) is 3.76. The van der Waals surface area contributed by atoms with Crippen LogP contribution in [0.5, 0.6) is 5.75 Å². The molecule has 0 spiro atoms. The number of hydrogen-bond acceptors (Lipinski definition) is 3. The zero-order chi connectivity index (χ0) is 14.9. The number of hydrogen-bond donors (Lipinski definition) is 1. The Bertz CT molecular complexity index is 614. The van der Waals surface area contributed by atoms with Gasteiger partial charge in [0.05, 0.1) is 18.4 Å². The predicted octanol–water partition coefficient (Wildman–Crippen LogP) is 2.24. The highest BCUT2D eigenvalue weighted by molar-refractivity contribution is 5.31. The lowest BCUT2D eigenvalue weighted by Gasteiger charge is -2.10. The zero-order valence-electron chi connectivity index (χ0n) is 9.84. The average Bonchev–Trinajstić information content (AvgIpc) is 2.84. The number of rotatable bonds is 4. The Kier molecular flexibility index (Phi) is 3.77. The Balaban J connectivity index is 2.13. The molecule has 0 aliphatic rings. The van der Waals surface area contributed by atoms with Gasteiger partial charge in [-0.15, -0.1) is 0 Å². The minimum atomic E-state index is -2.23. The van der Waals surface area contributed by atoms with Crippen molar-refractivity contribution in [1.29, 1.82) is 0 Å². The molecule has 0 saturated carbocycles. The lowest BCUT2D eigenvalue weighted by atomic mass is 10.2. The van der Waals surface area contributed by atoms with Crippen molar-refractivity contribution in [2.75, 3.05) is 12.3 Å². The molecule has 9 heteroatoms. The van der Waals surface area contributed by atoms with E-state index in [1.54, 1.807) is 0 Å². The largest absolute Gasteiger partial charge is 0.485 e. The Labute approximate surface area is 109 Å². The van der Waals surface area contributed by atoms with Crippen molar-refractivity contribution in [2.45, 2.75) is 6.54 Å². The molecule has 1 aromatic carbocycles. The van der Waals surface area contributed by atoms with Gasteiger partial charge in [-0.1, -0.05) is 0 Å². The highest BCUT2D eigenvalue weighted by Gasteiger charge is 2.26. The zero-order valence-corrected chi connectivity index (χ0v) is 9.84. The Morgan fingerprint density at radius 3 is 2.05 bits per heavy atom. The third kappa shape index (κ3) is 2.51. The van der Waals surface area contributed by atoms with Crippen LogP contribution < -0.4 is 10.5 Å². The van der Waals surface area contributed by atoms with Crippen LogP contribution in [0.2, 0.25) is 0 Å². The van der Waals surface area contributed by atoms with E-state index in [0.29, 0.717) is 5.69 Å². The molecule has 0 fully saturated rings. The molecular formula is C11H8F5N3O. The highest BCUT2D eigenvalue weighted by atomic mass is 19.2. The van der Waals surface area contributed by atoms with Gasteiger partial charge >= 0.3 is 0 Å². The van der Waals surface area contributed by atoms with Crippen LogP contribution >= 0.6 is 0 Å². The Morgan fingerprint density at radius 2 is 1.55 bits per heavy atom. The maximum Gasteiger partial charge on any atom is 0.206 e. The normalized spacial score (nSPS) is 10.8. The molecular weight excluding hydrogens is 285 g/mol. The minimum absolute atomic E-state index is 0.0245. The molecule has 108 valence electrons. The lowest BCUT2D eigenvalue weighted by molar-refractivity contribution is 0.247. The van der Waals surface area contributed by atoms with Gasteiger partial charge in [0, 0.05) is 6.20 Å². The second-order valence-corrected chi connectivity index (χ2v) is 3.78. The fraction of sp³-hybridized carbons (Fsp3) is 0.182. The molecule has 0 radical (unpaired) electrons. The van der Waals surface area contributed by atoms with Crippen LogP contribution in [0.3, 0.4) is 0 Å². The van der Waals surface area contributed by atoms with Crippen molar-refractivity contribution >= 4 is 5.69 Å². The molecule has 20 heavy (non-hydrogen) atoms. The van der Waals surface area contributed by atoms with Gasteiger partial charge < -0.3 is 10.5 Å². The monoisotopic (exact) mass is 293 g/mol. The van der Waals surface area contributed by atoms with Crippen molar-refractivity contribution in [3.8, 4) is 5.75 Å². The number of benzene rings is 1. The molecule has 0 bridgehead atoms. The Morgan fingerprint density at radius 1 is 1.00 bits per heavy atom. The van der Waals surface area contributed by atoms with Crippen molar-refractivity contribution in [1.82, 2.24) is 9.78 Å². The number of nitrogens with two attached hydrogens (primary N) is 1. The van der Waals surface area contributed by atoms with Gasteiger partial charge in [0.15, 0.2) is 5.75 Å². The molecule has 1 aromatic heterocycles. The Hall–Kier alpha value is -2.32. The minimum Gasteiger partial charge on any atom is -0.485 e. The molecule has 0 saturated heterocycles. The first-order valence-corrected chi connectivity index (χ1v) is 5.34. The summed E-state index contributed by atoms with van der Waals surface area (Å²) in [5.41, 5.74) is 5.74. The molecule has 4 nitrogen and oxygen atoms in total. The summed E-state index contributed by atoms with van der Waals surface area (Å²) >= 11 is 0. The first-order chi connectivity index (χ1) is 9.41. The van der Waals surface area contributed by atoms with Crippen molar-refractivity contribution in [3.63, 3.8) is 0 Å². The SMILES string of the molecule is Nc1cnn(CCOc2c(F)c(F)c(F)c(F)c2F)c1. The van der Waals surface area contributed by atoms with Crippen LogP contribution in [-0.2, 0) is 6.54 Å². The number of ether oxygens (including phenoxy) is 1. The van der Waals surface area contributed by atoms with Gasteiger partial charge in [0.25, 0.3) is 0 Å². The lowest BCUT2D eigenvalue weighted by Crippen LogP contribution is -2.12. The highest BCUT2D eigenvalue weighted by Crippen LogP contribution is 2.28. The molecule has 2 N–H and O–H groups in total. The van der Waals surface area contributed by atoms with E-state index in [-0.39, 0.29) is 13.2 Å². The number of aromatic nitrogens is 2. The van der Waals surface area contributed by atoms with E-state index in [1.165, 1.54) is 17.1 Å². The van der Waals surface area contributed by atoms with Crippen LogP contribution in [0.4, 0.5) is 27.6 Å². The van der Waals surface area contributed by atoms with Crippen LogP contribution in [0, 0.1) is 29.1 Å². The van der Waals surface area contributed by atoms with E-state index in [2.05, 4.69) is 9.84 Å². The van der Waals surface area contributed by atoms with Gasteiger partial charge in [-0.05, 0) is 0 Å². The molecule has 2 aromatic rings. The maximum absolute atomic E-state index is 13.2. The number of nitrogens with zero attached hydrogens (tertiary/aromatic N) is 2. The third-order valence-corrected chi connectivity index (χ3v) is 2.39. The molecule has 0 unspecified atom stereocenters. The van der Waals surface area contributed by atoms with E-state index in [0.717, 1.165) is 0 Å². The number of anilines is 1. The molecule has 2 rings (SSSR count). The summed E-state index contributed by atoms with van der Waals surface area (Å²) in [5.74, 6) is -11.7. The summed E-state index contributed by atoms with van der Waals surface area (Å²) in [6.45, 7) is -0.323. The van der Waals surface area contributed by atoms with Crippen molar-refractivity contribution in [2.24, 2.45) is 0 Å². The molecule has 0 aliphatic carbocycles. The summed E-state index contributed by atoms with van der Waals surface area (Å²) in [6.07, 6.45) is 2.75. The average molecular weight is 293 g/mol. The number of halogens is 5. The van der Waals surface area contributed by atoms with E-state index in [9.17, 15) is 22.0 Å². The first-order valence-electron chi connectivity index (χ1n) is 5.34. The third-order valence-electron chi connectivity index (χ3n) is 2.39. The smallest absolute Gasteiger partial charge is 0.206 e. The second kappa shape index (κ2) is 5.35. The molecule has 0 amide bonds. The standard InChI is InChI=1S/C11H8F5N3O/c12-6-7(13)9(15)11(10(16)8(6)14)20-2-1-19-4-5(17)3-18-19/h3-4H,1-2,17H2. The van der Waals surface area contributed by atoms with Crippen molar-refractivity contribution in [3.05, 3.63) is 41.5 Å². The predicted molar refractivity (Wildman–Crippen MR) is 58.4 cm³/mol. The summed E-state index contributed by atoms with van der Waals surface area (Å²) in [7, 11) is 0. The summed E-state index contributed by atoms with van der Waals surface area (Å²) < 4.78 is 70.9. The van der Waals surface area contributed by atoms with Gasteiger partial charge in [-0.3, -0.25) is 4.68 Å². The van der Waals surface area contributed by atoms with Gasteiger partial charge in [0.2, 0.25) is 29.1 Å². The van der Waals surface area contributed by atoms with Crippen LogP contribution in [0.15, 0.2) is 12.4 Å². The molecule has 1 heterocycles. The fourth-order valence-corrected chi connectivity index (χ4v) is 1.45. The molecule has 0 aliphatic heterocycles. The van der Waals surface area contributed by atoms with Crippen LogP contribution in [-0.4, -0.2) is 16.4 Å². The van der Waals surface area contributed by atoms with Crippen LogP contribution in [0.25, 0.3) is 0 Å². The van der Waals surface area contributed by atoms with E-state index in [4.69, 9.17) is 5.73 Å². The quantitative estimate of drug-likeness (QED) is 0.534. The summed E-state index contributed by atoms with van der Waals surface area (Å²) in [4.78, 5) is 0. The van der Waals surface area contributed by atoms with Gasteiger partial charge in [-0.2, -0.15) is 13.9 Å². The number of nitrogen functional groups attached to an aromatic ring is 1. The van der Waals surface area contributed by atoms with Crippen LogP contribution in [0.1, 0.15) is 0 Å². The van der Waals surface area contributed by atoms with Gasteiger partial charge in [0.1, 0.15) is 6.61 Å². The van der Waals surface area contributed by atoms with E-state index < -0.39 is 34.8 Å². The topological polar surface area (TPSA) is 53.1 Å². The van der Waals surface area contributed by atoms with E-state index in [1.807, 2.05) is 0 Å². The molecule has 0 atom stereocenters. The van der Waals surface area contributed by atoms with E-state index >= 15 is 0 Å².